The summed E-state index contributed by atoms with van der Waals surface area (Å²) in [4.78, 5) is 23.8. The predicted octanol–water partition coefficient (Wildman–Crippen LogP) is 3.60. The van der Waals surface area contributed by atoms with Gasteiger partial charge in [-0.05, 0) is 49.4 Å². The van der Waals surface area contributed by atoms with Gasteiger partial charge in [0.1, 0.15) is 5.54 Å². The van der Waals surface area contributed by atoms with Crippen molar-refractivity contribution in [3.8, 4) is 0 Å². The van der Waals surface area contributed by atoms with Gasteiger partial charge in [0.2, 0.25) is 5.91 Å². The Morgan fingerprint density at radius 2 is 1.81 bits per heavy atom. The van der Waals surface area contributed by atoms with Gasteiger partial charge >= 0.3 is 5.97 Å². The van der Waals surface area contributed by atoms with Crippen LogP contribution in [0.15, 0.2) is 0 Å². The molecule has 1 aliphatic carbocycles. The molecule has 0 saturated heterocycles. The molecule has 0 aromatic carbocycles. The first kappa shape index (κ1) is 18.0. The van der Waals surface area contributed by atoms with E-state index in [2.05, 4.69) is 39.9 Å². The molecule has 1 saturated carbocycles. The number of amides is 1. The minimum Gasteiger partial charge on any atom is -0.480 e. The third-order valence-electron chi connectivity index (χ3n) is 4.41. The highest BCUT2D eigenvalue weighted by atomic mass is 16.4. The Morgan fingerprint density at radius 1 is 1.29 bits per heavy atom. The first-order chi connectivity index (χ1) is 9.54. The predicted molar refractivity (Wildman–Crippen MR) is 84.0 cm³/mol. The van der Waals surface area contributed by atoms with E-state index in [0.29, 0.717) is 25.2 Å². The molecule has 0 heterocycles. The van der Waals surface area contributed by atoms with Crippen LogP contribution in [0.4, 0.5) is 0 Å². The highest BCUT2D eigenvalue weighted by Crippen LogP contribution is 2.33. The molecule has 0 aromatic heterocycles. The van der Waals surface area contributed by atoms with Gasteiger partial charge in [0.15, 0.2) is 0 Å². The van der Waals surface area contributed by atoms with Gasteiger partial charge in [0.05, 0.1) is 0 Å². The molecule has 1 fully saturated rings. The SMILES string of the molecule is CC1CCC(NC(=O)CC(C)CC(C)(C)C)(C(=O)O)CC1. The maximum atomic E-state index is 12.2. The average Bonchev–Trinajstić information content (AvgIpc) is 2.29. The van der Waals surface area contributed by atoms with Crippen LogP contribution in [0.25, 0.3) is 0 Å². The molecule has 122 valence electrons. The fraction of sp³-hybridized carbons (Fsp3) is 0.882. The second-order valence-electron chi connectivity index (χ2n) is 8.19. The van der Waals surface area contributed by atoms with Crippen molar-refractivity contribution in [1.29, 1.82) is 0 Å². The summed E-state index contributed by atoms with van der Waals surface area (Å²) in [5.41, 5.74) is -0.852. The summed E-state index contributed by atoms with van der Waals surface area (Å²) in [5.74, 6) is -0.192. The van der Waals surface area contributed by atoms with E-state index in [1.165, 1.54) is 0 Å². The number of hydrogen-bond acceptors (Lipinski definition) is 2. The molecule has 4 nitrogen and oxygen atoms in total. The summed E-state index contributed by atoms with van der Waals surface area (Å²) in [6.07, 6.45) is 4.18. The standard InChI is InChI=1S/C17H31NO3/c1-12-6-8-17(9-7-12,15(20)21)18-14(19)10-13(2)11-16(3,4)5/h12-13H,6-11H2,1-5H3,(H,18,19)(H,20,21). The lowest BCUT2D eigenvalue weighted by Crippen LogP contribution is -2.56. The number of carbonyl (C=O) groups is 2. The van der Waals surface area contributed by atoms with Gasteiger partial charge < -0.3 is 10.4 Å². The minimum absolute atomic E-state index is 0.122. The lowest BCUT2D eigenvalue weighted by Gasteiger charge is -2.36. The van der Waals surface area contributed by atoms with Crippen molar-refractivity contribution in [2.75, 3.05) is 0 Å². The largest absolute Gasteiger partial charge is 0.480 e. The topological polar surface area (TPSA) is 66.4 Å². The molecule has 1 amide bonds. The summed E-state index contributed by atoms with van der Waals surface area (Å²) < 4.78 is 0. The van der Waals surface area contributed by atoms with E-state index in [0.717, 1.165) is 19.3 Å². The van der Waals surface area contributed by atoms with Crippen LogP contribution in [-0.4, -0.2) is 22.5 Å². The van der Waals surface area contributed by atoms with E-state index in [-0.39, 0.29) is 17.2 Å². The second kappa shape index (κ2) is 6.80. The van der Waals surface area contributed by atoms with Crippen LogP contribution >= 0.6 is 0 Å². The zero-order chi connectivity index (χ0) is 16.3. The monoisotopic (exact) mass is 297 g/mol. The van der Waals surface area contributed by atoms with E-state index >= 15 is 0 Å². The van der Waals surface area contributed by atoms with Crippen LogP contribution in [-0.2, 0) is 9.59 Å². The summed E-state index contributed by atoms with van der Waals surface area (Å²) >= 11 is 0. The summed E-state index contributed by atoms with van der Waals surface area (Å²) in [6, 6.07) is 0. The maximum absolute atomic E-state index is 12.2. The fourth-order valence-electron chi connectivity index (χ4n) is 3.40. The molecule has 21 heavy (non-hydrogen) atoms. The van der Waals surface area contributed by atoms with Gasteiger partial charge in [-0.15, -0.1) is 0 Å². The van der Waals surface area contributed by atoms with Crippen molar-refractivity contribution < 1.29 is 14.7 Å². The molecule has 0 aromatic rings. The molecule has 1 aliphatic rings. The number of carbonyl (C=O) groups excluding carboxylic acids is 1. The van der Waals surface area contributed by atoms with Crippen LogP contribution < -0.4 is 5.32 Å². The van der Waals surface area contributed by atoms with Crippen molar-refractivity contribution in [3.63, 3.8) is 0 Å². The number of carboxylic acids is 1. The summed E-state index contributed by atoms with van der Waals surface area (Å²) in [6.45, 7) is 10.7. The van der Waals surface area contributed by atoms with Gasteiger partial charge in [0, 0.05) is 6.42 Å². The maximum Gasteiger partial charge on any atom is 0.329 e. The smallest absolute Gasteiger partial charge is 0.329 e. The van der Waals surface area contributed by atoms with Crippen LogP contribution in [0.1, 0.15) is 73.1 Å². The van der Waals surface area contributed by atoms with E-state index in [9.17, 15) is 14.7 Å². The van der Waals surface area contributed by atoms with E-state index in [1.54, 1.807) is 0 Å². The number of hydrogen-bond donors (Lipinski definition) is 2. The van der Waals surface area contributed by atoms with Gasteiger partial charge in [-0.2, -0.15) is 0 Å². The Labute approximate surface area is 128 Å². The second-order valence-corrected chi connectivity index (χ2v) is 8.19. The summed E-state index contributed by atoms with van der Waals surface area (Å²) in [7, 11) is 0. The zero-order valence-electron chi connectivity index (χ0n) is 14.2. The third kappa shape index (κ3) is 5.68. The van der Waals surface area contributed by atoms with Crippen molar-refractivity contribution >= 4 is 11.9 Å². The number of aliphatic carboxylic acids is 1. The first-order valence-corrected chi connectivity index (χ1v) is 8.08. The molecule has 2 N–H and O–H groups in total. The van der Waals surface area contributed by atoms with Crippen molar-refractivity contribution in [1.82, 2.24) is 5.32 Å². The third-order valence-corrected chi connectivity index (χ3v) is 4.41. The normalized spacial score (nSPS) is 28.0. The lowest BCUT2D eigenvalue weighted by molar-refractivity contribution is -0.149. The quantitative estimate of drug-likeness (QED) is 0.815. The highest BCUT2D eigenvalue weighted by Gasteiger charge is 2.42. The molecular formula is C17H31NO3. The van der Waals surface area contributed by atoms with E-state index in [1.807, 2.05) is 0 Å². The Hall–Kier alpha value is -1.06. The van der Waals surface area contributed by atoms with Gasteiger partial charge in [-0.25, -0.2) is 4.79 Å². The van der Waals surface area contributed by atoms with Gasteiger partial charge in [-0.1, -0.05) is 34.6 Å². The fourth-order valence-corrected chi connectivity index (χ4v) is 3.40. The molecule has 1 atom stereocenters. The van der Waals surface area contributed by atoms with Gasteiger partial charge in [-0.3, -0.25) is 4.79 Å². The van der Waals surface area contributed by atoms with Gasteiger partial charge in [0.25, 0.3) is 0 Å². The Morgan fingerprint density at radius 3 is 2.24 bits per heavy atom. The van der Waals surface area contributed by atoms with E-state index < -0.39 is 11.5 Å². The molecule has 0 aliphatic heterocycles. The number of nitrogens with one attached hydrogen (secondary N) is 1. The van der Waals surface area contributed by atoms with Crippen molar-refractivity contribution in [2.24, 2.45) is 17.3 Å². The van der Waals surface area contributed by atoms with Crippen LogP contribution in [0.2, 0.25) is 0 Å². The molecule has 0 spiro atoms. The van der Waals surface area contributed by atoms with Crippen molar-refractivity contribution in [3.05, 3.63) is 0 Å². The molecular weight excluding hydrogens is 266 g/mol. The summed E-state index contributed by atoms with van der Waals surface area (Å²) in [5, 5.41) is 12.4. The lowest BCUT2D eigenvalue weighted by atomic mass is 9.77. The van der Waals surface area contributed by atoms with Crippen LogP contribution in [0.5, 0.6) is 0 Å². The minimum atomic E-state index is -1.04. The molecule has 4 heteroatoms. The van der Waals surface area contributed by atoms with Crippen LogP contribution in [0, 0.1) is 17.3 Å². The Balaban J connectivity index is 2.60. The van der Waals surface area contributed by atoms with Crippen LogP contribution in [0.3, 0.4) is 0 Å². The zero-order valence-corrected chi connectivity index (χ0v) is 14.2. The first-order valence-electron chi connectivity index (χ1n) is 8.08. The average molecular weight is 297 g/mol. The van der Waals surface area contributed by atoms with E-state index in [4.69, 9.17) is 0 Å². The number of carboxylic acid groups (broad SMARTS) is 1. The molecule has 1 rings (SSSR count). The number of rotatable bonds is 5. The molecule has 0 radical (unpaired) electrons. The Kier molecular flexibility index (Phi) is 5.83. The van der Waals surface area contributed by atoms with Crippen molar-refractivity contribution in [2.45, 2.75) is 78.7 Å². The highest BCUT2D eigenvalue weighted by molar-refractivity contribution is 5.87. The Bertz CT molecular complexity index is 376. The molecule has 0 bridgehead atoms. The molecule has 1 unspecified atom stereocenters.